The van der Waals surface area contributed by atoms with Gasteiger partial charge in [0.2, 0.25) is 5.78 Å². The molecule has 9 rings (SSSR count). The Morgan fingerprint density at radius 2 is 1.35 bits per heavy atom. The Labute approximate surface area is 274 Å². The molecule has 0 amide bonds. The molecule has 0 saturated heterocycles. The van der Waals surface area contributed by atoms with Crippen molar-refractivity contribution in [3.63, 3.8) is 0 Å². The number of aliphatic hydroxyl groups excluding tert-OH is 1. The minimum atomic E-state index is -0.786. The highest BCUT2D eigenvalue weighted by Crippen LogP contribution is 2.49. The molecular weight excluding hydrogens is 608 g/mol. The molecule has 4 aromatic rings. The highest BCUT2D eigenvalue weighted by Gasteiger charge is 2.44. The van der Waals surface area contributed by atoms with E-state index in [9.17, 15) is 29.7 Å². The van der Waals surface area contributed by atoms with Gasteiger partial charge in [0.15, 0.2) is 0 Å². The third-order valence-corrected chi connectivity index (χ3v) is 11.3. The summed E-state index contributed by atoms with van der Waals surface area (Å²) in [5.41, 5.74) is 2.25. The maximum atomic E-state index is 14.3. The molecule has 0 bridgehead atoms. The van der Waals surface area contributed by atoms with Gasteiger partial charge in [-0.25, -0.2) is 0 Å². The van der Waals surface area contributed by atoms with E-state index in [0.717, 1.165) is 44.0 Å². The smallest absolute Gasteiger partial charge is 0.306 e. The van der Waals surface area contributed by atoms with Crippen LogP contribution in [0.5, 0.6) is 0 Å². The number of aliphatic carboxylic acids is 2. The Morgan fingerprint density at radius 3 is 2.04 bits per heavy atom. The first-order valence-corrected chi connectivity index (χ1v) is 16.7. The highest BCUT2D eigenvalue weighted by atomic mass is 16.4. The van der Waals surface area contributed by atoms with Crippen molar-refractivity contribution in [2.45, 2.75) is 62.7 Å². The van der Waals surface area contributed by atoms with Gasteiger partial charge in [0.05, 0.1) is 39.7 Å². The summed E-state index contributed by atoms with van der Waals surface area (Å²) in [7, 11) is 0. The van der Waals surface area contributed by atoms with Crippen LogP contribution in [0.4, 0.5) is 17.1 Å². The lowest BCUT2D eigenvalue weighted by Gasteiger charge is -2.46. The normalized spacial score (nSPS) is 28.4. The summed E-state index contributed by atoms with van der Waals surface area (Å²) in [6, 6.07) is 19.5. The number of hydrogen-bond donors (Lipinski definition) is 6. The summed E-state index contributed by atoms with van der Waals surface area (Å²) in [4.78, 5) is 42.8. The number of benzene rings is 4. The van der Waals surface area contributed by atoms with Gasteiger partial charge in [0.1, 0.15) is 17.1 Å². The van der Waals surface area contributed by atoms with Crippen molar-refractivity contribution >= 4 is 67.5 Å². The van der Waals surface area contributed by atoms with E-state index in [4.69, 9.17) is 4.99 Å². The summed E-state index contributed by atoms with van der Waals surface area (Å²) in [6.45, 7) is 0. The Balaban J connectivity index is 1.17. The number of hydrogen-bond acceptors (Lipinski definition) is 8. The molecule has 2 heterocycles. The van der Waals surface area contributed by atoms with E-state index in [1.165, 1.54) is 0 Å². The average Bonchev–Trinajstić information content (AvgIpc) is 3.07. The van der Waals surface area contributed by atoms with Gasteiger partial charge in [-0.3, -0.25) is 19.4 Å². The molecule has 0 radical (unpaired) electrons. The number of nitrogens with one attached hydrogen (secondary N) is 3. The number of carboxylic acid groups (broad SMARTS) is 2. The van der Waals surface area contributed by atoms with Gasteiger partial charge in [-0.1, -0.05) is 48.5 Å². The van der Waals surface area contributed by atoms with E-state index in [1.807, 2.05) is 60.7 Å². The van der Waals surface area contributed by atoms with Gasteiger partial charge in [-0.05, 0) is 74.3 Å². The molecule has 2 aliphatic heterocycles. The molecule has 0 aromatic heterocycles. The first kappa shape index (κ1) is 28.8. The van der Waals surface area contributed by atoms with Crippen molar-refractivity contribution < 1.29 is 29.7 Å². The van der Waals surface area contributed by atoms with Crippen molar-refractivity contribution in [3.8, 4) is 0 Å². The molecule has 2 saturated carbocycles. The van der Waals surface area contributed by atoms with E-state index < -0.39 is 29.2 Å². The Morgan fingerprint density at radius 1 is 0.708 bits per heavy atom. The van der Waals surface area contributed by atoms with Gasteiger partial charge in [0, 0.05) is 27.2 Å². The number of allylic oxidation sites excluding steroid dienone is 2. The second-order valence-corrected chi connectivity index (χ2v) is 14.0. The van der Waals surface area contributed by atoms with Crippen molar-refractivity contribution in [2.75, 3.05) is 16.0 Å². The van der Waals surface area contributed by atoms with Crippen molar-refractivity contribution in [2.24, 2.45) is 16.8 Å². The number of rotatable bonds is 3. The molecule has 0 unspecified atom stereocenters. The van der Waals surface area contributed by atoms with E-state index in [0.29, 0.717) is 62.1 Å². The first-order chi connectivity index (χ1) is 23.2. The van der Waals surface area contributed by atoms with Gasteiger partial charge in [-0.2, -0.15) is 0 Å². The zero-order valence-corrected chi connectivity index (χ0v) is 26.1. The van der Waals surface area contributed by atoms with Crippen molar-refractivity contribution in [1.29, 1.82) is 0 Å². The van der Waals surface area contributed by atoms with E-state index in [1.54, 1.807) is 0 Å². The third kappa shape index (κ3) is 4.11. The van der Waals surface area contributed by atoms with Gasteiger partial charge < -0.3 is 31.3 Å². The summed E-state index contributed by atoms with van der Waals surface area (Å²) in [5.74, 6) is -2.69. The molecule has 4 aromatic carbocycles. The highest BCUT2D eigenvalue weighted by molar-refractivity contribution is 6.52. The summed E-state index contributed by atoms with van der Waals surface area (Å²) < 4.78 is 0. The summed E-state index contributed by atoms with van der Waals surface area (Å²) in [5, 5.41) is 47.1. The topological polar surface area (TPSA) is 160 Å². The number of carbonyl (C=O) groups excluding carboxylic acids is 1. The number of anilines is 3. The van der Waals surface area contributed by atoms with E-state index in [2.05, 4.69) is 16.0 Å². The molecule has 242 valence electrons. The minimum Gasteiger partial charge on any atom is -0.506 e. The predicted molar refractivity (Wildman–Crippen MR) is 182 cm³/mol. The van der Waals surface area contributed by atoms with E-state index >= 15 is 0 Å². The Kier molecular flexibility index (Phi) is 6.04. The lowest BCUT2D eigenvalue weighted by Crippen LogP contribution is -2.51. The molecule has 6 N–H and O–H groups in total. The Hall–Kier alpha value is -5.38. The number of Topliss-reactive ketones (excluding diaryl/α,β-unsaturated/α-hetero) is 1. The van der Waals surface area contributed by atoms with Crippen LogP contribution in [-0.4, -0.2) is 44.4 Å². The summed E-state index contributed by atoms with van der Waals surface area (Å²) >= 11 is 0. The SMILES string of the molecule is O=C1C(c2ccc3cccc4c3c2NC2(CCC(C(=O)O)CC2)N4)=C(O)/C1=c1/ccc2cccc3c2c1NC1(CCC(C(=O)O)CC1)N=3. The molecule has 10 nitrogen and oxygen atoms in total. The fourth-order valence-electron chi connectivity index (χ4n) is 8.72. The molecule has 5 aliphatic rings. The van der Waals surface area contributed by atoms with Crippen molar-refractivity contribution in [3.05, 3.63) is 82.6 Å². The van der Waals surface area contributed by atoms with Crippen LogP contribution in [0, 0.1) is 11.8 Å². The number of aliphatic hydroxyl groups is 1. The summed E-state index contributed by atoms with van der Waals surface area (Å²) in [6.07, 6.45) is 4.33. The van der Waals surface area contributed by atoms with Crippen LogP contribution in [0.25, 0.3) is 32.7 Å². The van der Waals surface area contributed by atoms with E-state index in [-0.39, 0.29) is 28.6 Å². The first-order valence-electron chi connectivity index (χ1n) is 16.7. The maximum Gasteiger partial charge on any atom is 0.306 e. The predicted octanol–water partition coefficient (Wildman–Crippen LogP) is 5.52. The molecule has 2 spiro atoms. The zero-order valence-electron chi connectivity index (χ0n) is 26.1. The zero-order chi connectivity index (χ0) is 32.9. The van der Waals surface area contributed by atoms with Crippen LogP contribution in [0.3, 0.4) is 0 Å². The van der Waals surface area contributed by atoms with Crippen LogP contribution in [0.15, 0.2) is 71.4 Å². The lowest BCUT2D eigenvalue weighted by atomic mass is 9.77. The van der Waals surface area contributed by atoms with Crippen LogP contribution in [0.2, 0.25) is 0 Å². The molecule has 3 aliphatic carbocycles. The molecule has 0 atom stereocenters. The van der Waals surface area contributed by atoms with Crippen LogP contribution in [0.1, 0.15) is 56.9 Å². The molecule has 2 fully saturated rings. The number of carboxylic acids is 2. The minimum absolute atomic E-state index is 0.0712. The monoisotopic (exact) mass is 642 g/mol. The second-order valence-electron chi connectivity index (χ2n) is 14.0. The largest absolute Gasteiger partial charge is 0.506 e. The van der Waals surface area contributed by atoms with Gasteiger partial charge >= 0.3 is 11.9 Å². The fourth-order valence-corrected chi connectivity index (χ4v) is 8.72. The number of nitrogens with zero attached hydrogens (tertiary/aromatic N) is 1. The third-order valence-electron chi connectivity index (χ3n) is 11.3. The van der Waals surface area contributed by atoms with Gasteiger partial charge in [0.25, 0.3) is 0 Å². The molecular formula is C38H34N4O6. The second kappa shape index (κ2) is 10.1. The van der Waals surface area contributed by atoms with Gasteiger partial charge in [-0.15, -0.1) is 0 Å². The van der Waals surface area contributed by atoms with Crippen molar-refractivity contribution in [1.82, 2.24) is 0 Å². The van der Waals surface area contributed by atoms with Crippen LogP contribution < -0.4 is 26.5 Å². The standard InChI is InChI=1S/C38H34N4O6/c43-33-29(23-9-7-19-3-1-5-25-27(19)31(23)41-37(39-25)15-11-21(12-16-37)35(45)46)34(44)30(33)24-10-8-20-4-2-6-26-28(20)32(24)42-38(40-26)17-13-22(14-18-38)36(47)48/h1-10,21-22,39,41-43H,11-18H2,(H,45,46)(H,47,48)/b30-24+. The maximum absolute atomic E-state index is 14.3. The number of carbonyl (C=O) groups is 3. The lowest BCUT2D eigenvalue weighted by molar-refractivity contribution is -0.144. The quantitative estimate of drug-likeness (QED) is 0.169. The average molecular weight is 643 g/mol. The Bertz CT molecular complexity index is 2290. The number of ketones is 1. The molecule has 10 heteroatoms. The van der Waals surface area contributed by atoms with Crippen LogP contribution >= 0.6 is 0 Å². The fraction of sp³-hybridized carbons (Fsp3) is 0.316. The van der Waals surface area contributed by atoms with Crippen LogP contribution in [-0.2, 0) is 14.4 Å². The molecule has 48 heavy (non-hydrogen) atoms.